The summed E-state index contributed by atoms with van der Waals surface area (Å²) < 4.78 is 19.0. The van der Waals surface area contributed by atoms with Crippen LogP contribution in [-0.2, 0) is 0 Å². The number of anilines is 1. The fourth-order valence-electron chi connectivity index (χ4n) is 1.92. The van der Waals surface area contributed by atoms with Gasteiger partial charge in [0, 0.05) is 18.0 Å². The Kier molecular flexibility index (Phi) is 2.72. The molecule has 0 fully saturated rings. The van der Waals surface area contributed by atoms with E-state index in [2.05, 4.69) is 10.1 Å². The van der Waals surface area contributed by atoms with Crippen molar-refractivity contribution in [1.29, 1.82) is 0 Å². The van der Waals surface area contributed by atoms with Gasteiger partial charge in [0.1, 0.15) is 5.82 Å². The smallest absolute Gasteiger partial charge is 0.179 e. The lowest BCUT2D eigenvalue weighted by Gasteiger charge is -2.03. The van der Waals surface area contributed by atoms with E-state index < -0.39 is 0 Å². The first-order valence-electron chi connectivity index (χ1n) is 5.68. The Labute approximate surface area is 108 Å². The number of nitrogen functional groups attached to an aromatic ring is 1. The molecule has 2 N–H and O–H groups in total. The highest BCUT2D eigenvalue weighted by Crippen LogP contribution is 2.36. The fourth-order valence-corrected chi connectivity index (χ4v) is 1.92. The van der Waals surface area contributed by atoms with Gasteiger partial charge < -0.3 is 10.3 Å². The van der Waals surface area contributed by atoms with E-state index in [1.54, 1.807) is 36.7 Å². The van der Waals surface area contributed by atoms with Crippen molar-refractivity contribution in [2.45, 2.75) is 0 Å². The molecule has 0 saturated heterocycles. The summed E-state index contributed by atoms with van der Waals surface area (Å²) in [6, 6.07) is 9.91. The highest BCUT2D eigenvalue weighted by Gasteiger charge is 2.19. The number of halogens is 1. The third-order valence-corrected chi connectivity index (χ3v) is 2.79. The summed E-state index contributed by atoms with van der Waals surface area (Å²) in [5.41, 5.74) is 7.42. The largest absolute Gasteiger partial charge is 0.380 e. The predicted octanol–water partition coefficient (Wildman–Crippen LogP) is 3.12. The first-order chi connectivity index (χ1) is 9.27. The summed E-state index contributed by atoms with van der Waals surface area (Å²) in [4.78, 5) is 4.02. The van der Waals surface area contributed by atoms with Crippen molar-refractivity contribution < 1.29 is 8.91 Å². The van der Waals surface area contributed by atoms with Crippen LogP contribution >= 0.6 is 0 Å². The average Bonchev–Trinajstić information content (AvgIpc) is 2.82. The maximum atomic E-state index is 13.8. The van der Waals surface area contributed by atoms with E-state index in [0.717, 1.165) is 5.56 Å². The Bertz CT molecular complexity index is 710. The molecule has 0 amide bonds. The maximum absolute atomic E-state index is 13.8. The molecule has 2 heterocycles. The molecule has 0 radical (unpaired) electrons. The number of nitrogens with two attached hydrogens (primary N) is 1. The average molecular weight is 255 g/mol. The van der Waals surface area contributed by atoms with Crippen LogP contribution in [0.5, 0.6) is 0 Å². The second kappa shape index (κ2) is 4.53. The van der Waals surface area contributed by atoms with Crippen molar-refractivity contribution in [2.24, 2.45) is 0 Å². The van der Waals surface area contributed by atoms with Gasteiger partial charge in [-0.25, -0.2) is 4.39 Å². The van der Waals surface area contributed by atoms with Gasteiger partial charge >= 0.3 is 0 Å². The third kappa shape index (κ3) is 1.95. The van der Waals surface area contributed by atoms with Gasteiger partial charge in [-0.3, -0.25) is 4.98 Å². The van der Waals surface area contributed by atoms with E-state index in [0.29, 0.717) is 16.9 Å². The van der Waals surface area contributed by atoms with Gasteiger partial charge in [-0.1, -0.05) is 23.4 Å². The summed E-state index contributed by atoms with van der Waals surface area (Å²) in [6.45, 7) is 0. The van der Waals surface area contributed by atoms with E-state index >= 15 is 0 Å². The normalized spacial score (nSPS) is 10.6. The number of aromatic nitrogens is 2. The lowest BCUT2D eigenvalue weighted by molar-refractivity contribution is 0.433. The van der Waals surface area contributed by atoms with Gasteiger partial charge in [0.05, 0.1) is 11.1 Å². The highest BCUT2D eigenvalue weighted by molar-refractivity contribution is 5.86. The molecule has 0 aliphatic rings. The minimum atomic E-state index is -0.385. The van der Waals surface area contributed by atoms with Crippen LogP contribution in [0.3, 0.4) is 0 Å². The number of pyridine rings is 1. The van der Waals surface area contributed by atoms with Gasteiger partial charge in [0.2, 0.25) is 0 Å². The molecule has 19 heavy (non-hydrogen) atoms. The molecule has 0 atom stereocenters. The van der Waals surface area contributed by atoms with Crippen LogP contribution in [0.1, 0.15) is 0 Å². The van der Waals surface area contributed by atoms with E-state index in [1.807, 2.05) is 6.07 Å². The molecule has 3 aromatic rings. The molecule has 1 aromatic carbocycles. The Morgan fingerprint density at radius 3 is 2.68 bits per heavy atom. The van der Waals surface area contributed by atoms with Gasteiger partial charge in [-0.15, -0.1) is 0 Å². The zero-order chi connectivity index (χ0) is 13.2. The summed E-state index contributed by atoms with van der Waals surface area (Å²) in [5, 5.41) is 3.72. The van der Waals surface area contributed by atoms with Crippen molar-refractivity contribution in [2.75, 3.05) is 5.73 Å². The monoisotopic (exact) mass is 255 g/mol. The molecule has 4 nitrogen and oxygen atoms in total. The zero-order valence-electron chi connectivity index (χ0n) is 9.88. The maximum Gasteiger partial charge on any atom is 0.179 e. The lowest BCUT2D eigenvalue weighted by Crippen LogP contribution is -1.90. The van der Waals surface area contributed by atoms with Crippen LogP contribution < -0.4 is 5.73 Å². The molecule has 5 heteroatoms. The molecule has 2 aromatic heterocycles. The van der Waals surface area contributed by atoms with E-state index in [-0.39, 0.29) is 11.6 Å². The predicted molar refractivity (Wildman–Crippen MR) is 69.5 cm³/mol. The van der Waals surface area contributed by atoms with E-state index in [1.165, 1.54) is 6.07 Å². The zero-order valence-corrected chi connectivity index (χ0v) is 9.88. The van der Waals surface area contributed by atoms with E-state index in [4.69, 9.17) is 10.3 Å². The molecule has 0 aliphatic carbocycles. The standard InChI is InChI=1S/C14H10FN3O/c15-11-6-2-1-5-10(11)13-12(14(16)18-19-13)9-4-3-7-17-8-9/h1-8H,(H2,16,18). The Balaban J connectivity index is 2.23. The summed E-state index contributed by atoms with van der Waals surface area (Å²) >= 11 is 0. The van der Waals surface area contributed by atoms with Crippen molar-refractivity contribution in [1.82, 2.24) is 10.1 Å². The van der Waals surface area contributed by atoms with Crippen LogP contribution in [0.4, 0.5) is 10.2 Å². The molecule has 94 valence electrons. The first kappa shape index (κ1) is 11.4. The molecule has 0 aliphatic heterocycles. The van der Waals surface area contributed by atoms with Gasteiger partial charge in [0.15, 0.2) is 11.6 Å². The van der Waals surface area contributed by atoms with Gasteiger partial charge in [-0.05, 0) is 18.2 Å². The molecular formula is C14H10FN3O. The molecule has 0 spiro atoms. The topological polar surface area (TPSA) is 64.9 Å². The lowest BCUT2D eigenvalue weighted by atomic mass is 10.0. The first-order valence-corrected chi connectivity index (χ1v) is 5.68. The molecule has 3 rings (SSSR count). The van der Waals surface area contributed by atoms with Crippen molar-refractivity contribution >= 4 is 5.82 Å². The van der Waals surface area contributed by atoms with Crippen LogP contribution in [0.2, 0.25) is 0 Å². The van der Waals surface area contributed by atoms with Crippen molar-refractivity contribution in [3.8, 4) is 22.5 Å². The van der Waals surface area contributed by atoms with Crippen molar-refractivity contribution in [3.63, 3.8) is 0 Å². The Morgan fingerprint density at radius 2 is 1.95 bits per heavy atom. The van der Waals surface area contributed by atoms with Crippen LogP contribution in [0.15, 0.2) is 53.3 Å². The van der Waals surface area contributed by atoms with Crippen LogP contribution in [0, 0.1) is 5.82 Å². The minimum Gasteiger partial charge on any atom is -0.380 e. The number of rotatable bonds is 2. The molecular weight excluding hydrogens is 245 g/mol. The minimum absolute atomic E-state index is 0.214. The third-order valence-electron chi connectivity index (χ3n) is 2.79. The van der Waals surface area contributed by atoms with Gasteiger partial charge in [0.25, 0.3) is 0 Å². The second-order valence-corrected chi connectivity index (χ2v) is 3.99. The molecule has 0 bridgehead atoms. The van der Waals surface area contributed by atoms with E-state index in [9.17, 15) is 4.39 Å². The number of hydrogen-bond acceptors (Lipinski definition) is 4. The Morgan fingerprint density at radius 1 is 1.11 bits per heavy atom. The second-order valence-electron chi connectivity index (χ2n) is 3.99. The molecule has 0 saturated carbocycles. The number of hydrogen-bond donors (Lipinski definition) is 1. The van der Waals surface area contributed by atoms with Crippen LogP contribution in [-0.4, -0.2) is 10.1 Å². The van der Waals surface area contributed by atoms with Crippen molar-refractivity contribution in [3.05, 3.63) is 54.6 Å². The Hall–Kier alpha value is -2.69. The van der Waals surface area contributed by atoms with Gasteiger partial charge in [-0.2, -0.15) is 0 Å². The number of nitrogens with zero attached hydrogens (tertiary/aromatic N) is 2. The quantitative estimate of drug-likeness (QED) is 0.764. The summed E-state index contributed by atoms with van der Waals surface area (Å²) in [7, 11) is 0. The summed E-state index contributed by atoms with van der Waals surface area (Å²) in [5.74, 6) is 0.138. The number of benzene rings is 1. The molecule has 0 unspecified atom stereocenters. The fraction of sp³-hybridized carbons (Fsp3) is 0. The SMILES string of the molecule is Nc1noc(-c2ccccc2F)c1-c1cccnc1. The van der Waals surface area contributed by atoms with Crippen LogP contribution in [0.25, 0.3) is 22.5 Å². The highest BCUT2D eigenvalue weighted by atomic mass is 19.1. The summed E-state index contributed by atoms with van der Waals surface area (Å²) in [6.07, 6.45) is 3.28.